The lowest BCUT2D eigenvalue weighted by Crippen LogP contribution is -2.48. The number of hydrogen-bond donors (Lipinski definition) is 2. The van der Waals surface area contributed by atoms with E-state index in [4.69, 9.17) is 4.74 Å². The Balaban J connectivity index is 1.34. The zero-order chi connectivity index (χ0) is 23.5. The van der Waals surface area contributed by atoms with Gasteiger partial charge in [0.1, 0.15) is 23.4 Å². The molecule has 1 aromatic heterocycles. The van der Waals surface area contributed by atoms with E-state index in [2.05, 4.69) is 47.4 Å². The van der Waals surface area contributed by atoms with Crippen molar-refractivity contribution in [2.24, 2.45) is 0 Å². The Hall–Kier alpha value is -3.74. The molecule has 2 N–H and O–H groups in total. The van der Waals surface area contributed by atoms with E-state index in [1.54, 1.807) is 0 Å². The first kappa shape index (κ1) is 22.5. The highest BCUT2D eigenvalue weighted by atomic mass is 16.5. The number of benzene rings is 2. The second-order valence-corrected chi connectivity index (χ2v) is 9.34. The molecule has 0 unspecified atom stereocenters. The van der Waals surface area contributed by atoms with Gasteiger partial charge in [-0.05, 0) is 42.0 Å². The highest BCUT2D eigenvalue weighted by Gasteiger charge is 2.51. The minimum absolute atomic E-state index is 0.0253. The van der Waals surface area contributed by atoms with Crippen LogP contribution >= 0.6 is 0 Å². The number of ether oxygens (including phenoxy) is 1. The lowest BCUT2D eigenvalue weighted by Gasteiger charge is -2.22. The molecule has 4 rings (SSSR count). The van der Waals surface area contributed by atoms with E-state index < -0.39 is 5.54 Å². The molecule has 1 saturated carbocycles. The molecule has 0 spiro atoms. The first-order valence-electron chi connectivity index (χ1n) is 11.0. The predicted molar refractivity (Wildman–Crippen MR) is 125 cm³/mol. The molecule has 7 heteroatoms. The summed E-state index contributed by atoms with van der Waals surface area (Å²) in [5.41, 5.74) is 1.54. The van der Waals surface area contributed by atoms with Gasteiger partial charge in [-0.1, -0.05) is 51.1 Å². The quantitative estimate of drug-likeness (QED) is 0.571. The SMILES string of the molecule is CC(C)(C)c1ccccc1Oc1ccc(CNC(=O)C2(NC(=O)c3cncnc3)CC2)cc1. The molecule has 2 aromatic carbocycles. The van der Waals surface area contributed by atoms with Crippen molar-refractivity contribution in [2.45, 2.75) is 51.1 Å². The number of para-hydroxylation sites is 1. The zero-order valence-corrected chi connectivity index (χ0v) is 19.1. The number of nitrogens with one attached hydrogen (secondary N) is 2. The maximum atomic E-state index is 12.7. The number of amides is 2. The maximum Gasteiger partial charge on any atom is 0.255 e. The van der Waals surface area contributed by atoms with Gasteiger partial charge in [0.25, 0.3) is 5.91 Å². The molecule has 0 bridgehead atoms. The van der Waals surface area contributed by atoms with Crippen molar-refractivity contribution < 1.29 is 14.3 Å². The van der Waals surface area contributed by atoms with Crippen LogP contribution in [0.5, 0.6) is 11.5 Å². The molecule has 1 heterocycles. The van der Waals surface area contributed by atoms with E-state index in [9.17, 15) is 9.59 Å². The van der Waals surface area contributed by atoms with E-state index in [1.807, 2.05) is 42.5 Å². The van der Waals surface area contributed by atoms with Crippen molar-refractivity contribution in [3.8, 4) is 11.5 Å². The minimum Gasteiger partial charge on any atom is -0.457 e. The Labute approximate surface area is 193 Å². The van der Waals surface area contributed by atoms with Crippen LogP contribution < -0.4 is 15.4 Å². The molecule has 170 valence electrons. The van der Waals surface area contributed by atoms with Gasteiger partial charge >= 0.3 is 0 Å². The molecule has 0 saturated heterocycles. The Morgan fingerprint density at radius 2 is 1.67 bits per heavy atom. The van der Waals surface area contributed by atoms with Crippen molar-refractivity contribution in [3.05, 3.63) is 83.9 Å². The molecule has 0 radical (unpaired) electrons. The van der Waals surface area contributed by atoms with Gasteiger partial charge in [0, 0.05) is 24.5 Å². The third-order valence-corrected chi connectivity index (χ3v) is 5.66. The molecule has 0 aliphatic heterocycles. The molecule has 1 fully saturated rings. The van der Waals surface area contributed by atoms with Crippen LogP contribution in [-0.4, -0.2) is 27.3 Å². The molecular weight excluding hydrogens is 416 g/mol. The summed E-state index contributed by atoms with van der Waals surface area (Å²) in [5, 5.41) is 5.75. The Bertz CT molecular complexity index is 1130. The standard InChI is InChI=1S/C26H28N4O3/c1-25(2,3)21-6-4-5-7-22(21)33-20-10-8-18(9-11-20)14-29-24(32)26(12-13-26)30-23(31)19-15-27-17-28-16-19/h4-11,15-17H,12-14H2,1-3H3,(H,29,32)(H,30,31). The maximum absolute atomic E-state index is 12.7. The van der Waals surface area contributed by atoms with E-state index in [0.29, 0.717) is 24.9 Å². The van der Waals surface area contributed by atoms with Gasteiger partial charge in [-0.15, -0.1) is 0 Å². The smallest absolute Gasteiger partial charge is 0.255 e. The van der Waals surface area contributed by atoms with Gasteiger partial charge in [-0.2, -0.15) is 0 Å². The summed E-state index contributed by atoms with van der Waals surface area (Å²) >= 11 is 0. The van der Waals surface area contributed by atoms with Gasteiger partial charge in [0.05, 0.1) is 5.56 Å². The highest BCUT2D eigenvalue weighted by Crippen LogP contribution is 2.36. The topological polar surface area (TPSA) is 93.2 Å². The Morgan fingerprint density at radius 3 is 2.30 bits per heavy atom. The van der Waals surface area contributed by atoms with Crippen molar-refractivity contribution in [2.75, 3.05) is 0 Å². The van der Waals surface area contributed by atoms with Crippen LogP contribution in [0.15, 0.2) is 67.3 Å². The number of carbonyl (C=O) groups is 2. The average Bonchev–Trinajstić information content (AvgIpc) is 3.59. The third kappa shape index (κ3) is 5.37. The first-order chi connectivity index (χ1) is 15.8. The first-order valence-corrected chi connectivity index (χ1v) is 11.0. The van der Waals surface area contributed by atoms with Gasteiger partial charge < -0.3 is 15.4 Å². The molecular formula is C26H28N4O3. The van der Waals surface area contributed by atoms with Gasteiger partial charge in [-0.25, -0.2) is 9.97 Å². The molecule has 7 nitrogen and oxygen atoms in total. The van der Waals surface area contributed by atoms with E-state index in [0.717, 1.165) is 22.6 Å². The van der Waals surface area contributed by atoms with Crippen LogP contribution in [0.4, 0.5) is 0 Å². The van der Waals surface area contributed by atoms with Gasteiger partial charge in [-0.3, -0.25) is 9.59 Å². The lowest BCUT2D eigenvalue weighted by molar-refractivity contribution is -0.124. The van der Waals surface area contributed by atoms with Gasteiger partial charge in [0.15, 0.2) is 0 Å². The molecule has 3 aromatic rings. The summed E-state index contributed by atoms with van der Waals surface area (Å²) in [6, 6.07) is 15.7. The summed E-state index contributed by atoms with van der Waals surface area (Å²) < 4.78 is 6.12. The number of rotatable bonds is 7. The van der Waals surface area contributed by atoms with E-state index in [1.165, 1.54) is 18.7 Å². The third-order valence-electron chi connectivity index (χ3n) is 5.66. The van der Waals surface area contributed by atoms with Crippen LogP contribution in [0.2, 0.25) is 0 Å². The Kier molecular flexibility index (Phi) is 6.14. The number of aromatic nitrogens is 2. The number of nitrogens with zero attached hydrogens (tertiary/aromatic N) is 2. The fourth-order valence-corrected chi connectivity index (χ4v) is 3.57. The minimum atomic E-state index is -0.855. The molecule has 2 amide bonds. The largest absolute Gasteiger partial charge is 0.457 e. The van der Waals surface area contributed by atoms with Gasteiger partial charge in [0.2, 0.25) is 5.91 Å². The van der Waals surface area contributed by atoms with Crippen molar-refractivity contribution >= 4 is 11.8 Å². The molecule has 0 atom stereocenters. The zero-order valence-electron chi connectivity index (χ0n) is 19.1. The summed E-state index contributed by atoms with van der Waals surface area (Å²) in [5.74, 6) is 1.03. The van der Waals surface area contributed by atoms with Crippen molar-refractivity contribution in [3.63, 3.8) is 0 Å². The van der Waals surface area contributed by atoms with Crippen molar-refractivity contribution in [1.29, 1.82) is 0 Å². The fourth-order valence-electron chi connectivity index (χ4n) is 3.57. The normalized spacial score (nSPS) is 14.3. The Morgan fingerprint density at radius 1 is 1.00 bits per heavy atom. The van der Waals surface area contributed by atoms with Crippen LogP contribution in [-0.2, 0) is 16.8 Å². The monoisotopic (exact) mass is 444 g/mol. The van der Waals surface area contributed by atoms with E-state index >= 15 is 0 Å². The van der Waals surface area contributed by atoms with Crippen molar-refractivity contribution in [1.82, 2.24) is 20.6 Å². The van der Waals surface area contributed by atoms with Crippen LogP contribution in [0.1, 0.15) is 55.1 Å². The summed E-state index contributed by atoms with van der Waals surface area (Å²) in [6.07, 6.45) is 5.44. The molecule has 1 aliphatic carbocycles. The van der Waals surface area contributed by atoms with Crippen LogP contribution in [0, 0.1) is 0 Å². The fraction of sp³-hybridized carbons (Fsp3) is 0.308. The second kappa shape index (κ2) is 9.02. The average molecular weight is 445 g/mol. The highest BCUT2D eigenvalue weighted by molar-refractivity contribution is 6.00. The predicted octanol–water partition coefficient (Wildman–Crippen LogP) is 4.15. The summed E-state index contributed by atoms with van der Waals surface area (Å²) in [4.78, 5) is 32.8. The molecule has 33 heavy (non-hydrogen) atoms. The molecule has 1 aliphatic rings. The van der Waals surface area contributed by atoms with Crippen LogP contribution in [0.25, 0.3) is 0 Å². The second-order valence-electron chi connectivity index (χ2n) is 9.34. The lowest BCUT2D eigenvalue weighted by atomic mass is 9.86. The van der Waals surface area contributed by atoms with E-state index in [-0.39, 0.29) is 17.2 Å². The summed E-state index contributed by atoms with van der Waals surface area (Å²) in [6.45, 7) is 6.83. The number of carbonyl (C=O) groups excluding carboxylic acids is 2. The number of hydrogen-bond acceptors (Lipinski definition) is 5. The summed E-state index contributed by atoms with van der Waals surface area (Å²) in [7, 11) is 0. The van der Waals surface area contributed by atoms with Crippen LogP contribution in [0.3, 0.4) is 0 Å².